The van der Waals surface area contributed by atoms with Crippen LogP contribution < -0.4 is 5.32 Å². The number of nitrogens with zero attached hydrogens (tertiary/aromatic N) is 3. The Morgan fingerprint density at radius 2 is 2.30 bits per heavy atom. The van der Waals surface area contributed by atoms with Crippen LogP contribution in [0.3, 0.4) is 0 Å². The van der Waals surface area contributed by atoms with Crippen LogP contribution in [0.15, 0.2) is 36.8 Å². The summed E-state index contributed by atoms with van der Waals surface area (Å²) in [5.41, 5.74) is 4.47. The van der Waals surface area contributed by atoms with E-state index in [1.165, 1.54) is 11.3 Å². The number of rotatable bonds is 4. The lowest BCUT2D eigenvalue weighted by atomic mass is 9.93. The van der Waals surface area contributed by atoms with Crippen molar-refractivity contribution in [3.63, 3.8) is 0 Å². The van der Waals surface area contributed by atoms with E-state index in [4.69, 9.17) is 0 Å². The van der Waals surface area contributed by atoms with Crippen molar-refractivity contribution in [2.45, 2.75) is 38.3 Å². The van der Waals surface area contributed by atoms with Crippen molar-refractivity contribution in [3.8, 4) is 0 Å². The number of para-hydroxylation sites is 2. The monoisotopic (exact) mass is 309 g/mol. The number of hydrogen-bond donors (Lipinski definition) is 2. The summed E-state index contributed by atoms with van der Waals surface area (Å²) in [6.07, 6.45) is 6.92. The molecule has 23 heavy (non-hydrogen) atoms. The molecule has 6 heteroatoms. The van der Waals surface area contributed by atoms with Gasteiger partial charge in [-0.1, -0.05) is 12.1 Å². The van der Waals surface area contributed by atoms with Gasteiger partial charge in [0.2, 0.25) is 5.91 Å². The Hall–Kier alpha value is -2.63. The van der Waals surface area contributed by atoms with Gasteiger partial charge in [0.15, 0.2) is 0 Å². The predicted octanol–water partition coefficient (Wildman–Crippen LogP) is 1.82. The molecule has 0 fully saturated rings. The molecule has 6 nitrogen and oxygen atoms in total. The minimum Gasteiger partial charge on any atom is -0.353 e. The molecule has 4 rings (SSSR count). The molecule has 0 aliphatic heterocycles. The number of carbonyl (C=O) groups is 1. The first-order valence-electron chi connectivity index (χ1n) is 8.00. The van der Waals surface area contributed by atoms with Gasteiger partial charge in [-0.25, -0.2) is 4.98 Å². The minimum absolute atomic E-state index is 0.0970. The fraction of sp³-hybridized carbons (Fsp3) is 0.353. The van der Waals surface area contributed by atoms with Crippen molar-refractivity contribution in [1.82, 2.24) is 25.1 Å². The van der Waals surface area contributed by atoms with Crippen LogP contribution in [0.2, 0.25) is 0 Å². The zero-order valence-corrected chi connectivity index (χ0v) is 12.8. The van der Waals surface area contributed by atoms with E-state index in [1.54, 1.807) is 6.33 Å². The highest BCUT2D eigenvalue weighted by atomic mass is 16.1. The topological polar surface area (TPSA) is 75.6 Å². The largest absolute Gasteiger partial charge is 0.353 e. The second kappa shape index (κ2) is 5.87. The lowest BCUT2D eigenvalue weighted by Gasteiger charge is -2.22. The van der Waals surface area contributed by atoms with Crippen LogP contribution in [-0.4, -0.2) is 31.7 Å². The maximum absolute atomic E-state index is 12.2. The maximum atomic E-state index is 12.2. The highest BCUT2D eigenvalue weighted by Crippen LogP contribution is 2.19. The third-order valence-electron chi connectivity index (χ3n) is 4.49. The predicted molar refractivity (Wildman–Crippen MR) is 86.9 cm³/mol. The van der Waals surface area contributed by atoms with Crippen LogP contribution in [0.4, 0.5) is 0 Å². The molecule has 1 aliphatic rings. The van der Waals surface area contributed by atoms with Gasteiger partial charge in [-0.2, -0.15) is 5.10 Å². The van der Waals surface area contributed by atoms with E-state index >= 15 is 0 Å². The number of aromatic amines is 1. The number of benzene rings is 1. The molecule has 2 aromatic heterocycles. The number of amides is 1. The summed E-state index contributed by atoms with van der Waals surface area (Å²) in [7, 11) is 0. The third-order valence-corrected chi connectivity index (χ3v) is 4.49. The molecular weight excluding hydrogens is 290 g/mol. The number of aromatic nitrogens is 4. The summed E-state index contributed by atoms with van der Waals surface area (Å²) < 4.78 is 2.03. The molecule has 0 bridgehead atoms. The van der Waals surface area contributed by atoms with Gasteiger partial charge in [0.1, 0.15) is 0 Å². The first-order chi connectivity index (χ1) is 11.3. The summed E-state index contributed by atoms with van der Waals surface area (Å²) >= 11 is 0. The van der Waals surface area contributed by atoms with E-state index in [0.717, 1.165) is 30.3 Å². The van der Waals surface area contributed by atoms with Crippen molar-refractivity contribution in [1.29, 1.82) is 0 Å². The summed E-state index contributed by atoms with van der Waals surface area (Å²) in [5, 5.41) is 10.2. The normalized spacial score (nSPS) is 17.1. The lowest BCUT2D eigenvalue weighted by molar-refractivity contribution is -0.122. The van der Waals surface area contributed by atoms with E-state index in [9.17, 15) is 4.79 Å². The molecule has 3 aromatic rings. The Morgan fingerprint density at radius 3 is 3.26 bits per heavy atom. The average Bonchev–Trinajstić information content (AvgIpc) is 3.19. The molecule has 118 valence electrons. The van der Waals surface area contributed by atoms with Crippen LogP contribution in [0, 0.1) is 0 Å². The molecule has 0 saturated heterocycles. The fourth-order valence-electron chi connectivity index (χ4n) is 3.25. The van der Waals surface area contributed by atoms with E-state index < -0.39 is 0 Å². The molecule has 1 unspecified atom stereocenters. The fourth-order valence-corrected chi connectivity index (χ4v) is 3.25. The molecule has 1 aliphatic carbocycles. The van der Waals surface area contributed by atoms with Gasteiger partial charge in [-0.05, 0) is 37.0 Å². The van der Waals surface area contributed by atoms with Crippen LogP contribution in [0.1, 0.15) is 24.1 Å². The summed E-state index contributed by atoms with van der Waals surface area (Å²) in [5.74, 6) is 0.0970. The average molecular weight is 309 g/mol. The van der Waals surface area contributed by atoms with Crippen LogP contribution in [-0.2, 0) is 24.2 Å². The SMILES string of the molecule is O=C(CCn1cnc2ccccc21)NC1CCc2[nH]ncc2C1. The highest BCUT2D eigenvalue weighted by molar-refractivity contribution is 5.77. The van der Waals surface area contributed by atoms with Crippen LogP contribution >= 0.6 is 0 Å². The van der Waals surface area contributed by atoms with Gasteiger partial charge >= 0.3 is 0 Å². The van der Waals surface area contributed by atoms with Gasteiger partial charge in [-0.3, -0.25) is 9.89 Å². The number of hydrogen-bond acceptors (Lipinski definition) is 3. The first kappa shape index (κ1) is 14.0. The Bertz CT molecular complexity index is 834. The Labute approximate surface area is 133 Å². The molecule has 2 heterocycles. The van der Waals surface area contributed by atoms with Crippen LogP contribution in [0.25, 0.3) is 11.0 Å². The maximum Gasteiger partial charge on any atom is 0.222 e. The van der Waals surface area contributed by atoms with E-state index in [2.05, 4.69) is 20.5 Å². The van der Waals surface area contributed by atoms with Crippen molar-refractivity contribution in [3.05, 3.63) is 48.0 Å². The Balaban J connectivity index is 1.34. The second-order valence-corrected chi connectivity index (χ2v) is 6.06. The van der Waals surface area contributed by atoms with E-state index in [-0.39, 0.29) is 11.9 Å². The number of aryl methyl sites for hydroxylation is 2. The van der Waals surface area contributed by atoms with Gasteiger partial charge in [-0.15, -0.1) is 0 Å². The zero-order chi connectivity index (χ0) is 15.6. The molecule has 1 aromatic carbocycles. The standard InChI is InChI=1S/C17H19N5O/c23-17(20-13-5-6-14-12(9-13)10-19-21-14)7-8-22-11-18-15-3-1-2-4-16(15)22/h1-4,10-11,13H,5-9H2,(H,19,21)(H,20,23). The number of fused-ring (bicyclic) bond motifs is 2. The highest BCUT2D eigenvalue weighted by Gasteiger charge is 2.21. The number of H-pyrrole nitrogens is 1. The van der Waals surface area contributed by atoms with E-state index in [0.29, 0.717) is 13.0 Å². The quantitative estimate of drug-likeness (QED) is 0.772. The molecule has 0 radical (unpaired) electrons. The summed E-state index contributed by atoms with van der Waals surface area (Å²) in [6, 6.07) is 8.19. The summed E-state index contributed by atoms with van der Waals surface area (Å²) in [6.45, 7) is 0.649. The Kier molecular flexibility index (Phi) is 3.57. The molecular formula is C17H19N5O. The molecule has 0 spiro atoms. The van der Waals surface area contributed by atoms with Gasteiger partial charge < -0.3 is 9.88 Å². The number of carbonyl (C=O) groups excluding carboxylic acids is 1. The van der Waals surface area contributed by atoms with Crippen LogP contribution in [0.5, 0.6) is 0 Å². The smallest absolute Gasteiger partial charge is 0.222 e. The molecule has 1 amide bonds. The zero-order valence-electron chi connectivity index (χ0n) is 12.8. The lowest BCUT2D eigenvalue weighted by Crippen LogP contribution is -2.39. The van der Waals surface area contributed by atoms with Crippen molar-refractivity contribution in [2.75, 3.05) is 0 Å². The number of nitrogens with one attached hydrogen (secondary N) is 2. The van der Waals surface area contributed by atoms with E-state index in [1.807, 2.05) is 35.0 Å². The molecule has 2 N–H and O–H groups in total. The molecule has 0 saturated carbocycles. The molecule has 1 atom stereocenters. The minimum atomic E-state index is 0.0970. The van der Waals surface area contributed by atoms with Crippen molar-refractivity contribution < 1.29 is 4.79 Å². The summed E-state index contributed by atoms with van der Waals surface area (Å²) in [4.78, 5) is 16.6. The van der Waals surface area contributed by atoms with Gasteiger partial charge in [0, 0.05) is 24.7 Å². The van der Waals surface area contributed by atoms with Crippen molar-refractivity contribution >= 4 is 16.9 Å². The van der Waals surface area contributed by atoms with Gasteiger partial charge in [0.25, 0.3) is 0 Å². The second-order valence-electron chi connectivity index (χ2n) is 6.06. The Morgan fingerprint density at radius 1 is 1.39 bits per heavy atom. The van der Waals surface area contributed by atoms with Crippen molar-refractivity contribution in [2.24, 2.45) is 0 Å². The first-order valence-corrected chi connectivity index (χ1v) is 8.00. The third kappa shape index (κ3) is 2.84. The van der Waals surface area contributed by atoms with Gasteiger partial charge in [0.05, 0.1) is 23.6 Å². The number of imidazole rings is 1.